The van der Waals surface area contributed by atoms with E-state index < -0.39 is 5.60 Å². The van der Waals surface area contributed by atoms with Gasteiger partial charge in [-0.05, 0) is 79.8 Å². The third kappa shape index (κ3) is 7.45. The first-order valence-electron chi connectivity index (χ1n) is 12.3. The molecule has 6 heteroatoms. The monoisotopic (exact) mass is 437 g/mol. The van der Waals surface area contributed by atoms with Gasteiger partial charge >= 0.3 is 6.09 Å². The molecule has 0 aliphatic carbocycles. The fraction of sp³-hybridized carbons (Fsp3) is 0.920. The normalized spacial score (nSPS) is 23.4. The van der Waals surface area contributed by atoms with E-state index in [1.54, 1.807) is 0 Å². The van der Waals surface area contributed by atoms with Gasteiger partial charge in [0, 0.05) is 50.1 Å². The SMILES string of the molecule is CC(C)CCC(=O)C1(CN2CCN(C(=O)OC(C)(C)C)C(C)C2)CCN(C(C)C)CC1. The standard InChI is InChI=1S/C25H47N3O3/c1-19(2)9-10-22(29)25(11-13-27(14-12-25)20(3)4)18-26-15-16-28(21(5)17-26)23(30)31-24(6,7)8/h19-21H,9-18H2,1-8H3. The predicted octanol–water partition coefficient (Wildman–Crippen LogP) is 4.42. The van der Waals surface area contributed by atoms with Crippen LogP contribution in [0.25, 0.3) is 0 Å². The topological polar surface area (TPSA) is 53.1 Å². The molecular formula is C25H47N3O3. The third-order valence-electron chi connectivity index (χ3n) is 6.89. The summed E-state index contributed by atoms with van der Waals surface area (Å²) in [5.41, 5.74) is -0.723. The lowest BCUT2D eigenvalue weighted by atomic mass is 9.72. The zero-order valence-corrected chi connectivity index (χ0v) is 21.4. The smallest absolute Gasteiger partial charge is 0.410 e. The molecule has 2 fully saturated rings. The largest absolute Gasteiger partial charge is 0.444 e. The molecule has 2 aliphatic rings. The Morgan fingerprint density at radius 2 is 1.65 bits per heavy atom. The van der Waals surface area contributed by atoms with Gasteiger partial charge in [-0.25, -0.2) is 4.79 Å². The van der Waals surface area contributed by atoms with Crippen LogP contribution in [-0.2, 0) is 9.53 Å². The Balaban J connectivity index is 2.04. The van der Waals surface area contributed by atoms with Gasteiger partial charge in [-0.3, -0.25) is 9.69 Å². The number of rotatable bonds is 7. The number of amides is 1. The summed E-state index contributed by atoms with van der Waals surface area (Å²) >= 11 is 0. The molecular weight excluding hydrogens is 390 g/mol. The Labute approximate surface area is 190 Å². The maximum absolute atomic E-state index is 13.5. The molecule has 0 aromatic carbocycles. The molecule has 0 spiro atoms. The Morgan fingerprint density at radius 1 is 1.03 bits per heavy atom. The molecule has 31 heavy (non-hydrogen) atoms. The Morgan fingerprint density at radius 3 is 2.13 bits per heavy atom. The average Bonchev–Trinajstić information content (AvgIpc) is 2.65. The highest BCUT2D eigenvalue weighted by atomic mass is 16.6. The Kier molecular flexibility index (Phi) is 8.97. The molecule has 2 aliphatic heterocycles. The summed E-state index contributed by atoms with van der Waals surface area (Å²) in [6, 6.07) is 0.614. The van der Waals surface area contributed by atoms with Crippen LogP contribution in [-0.4, -0.2) is 83.5 Å². The fourth-order valence-corrected chi connectivity index (χ4v) is 4.87. The van der Waals surface area contributed by atoms with Crippen molar-refractivity contribution in [2.75, 3.05) is 39.3 Å². The highest BCUT2D eigenvalue weighted by Gasteiger charge is 2.43. The van der Waals surface area contributed by atoms with Crippen molar-refractivity contribution < 1.29 is 14.3 Å². The number of carbonyl (C=O) groups is 2. The minimum Gasteiger partial charge on any atom is -0.444 e. The van der Waals surface area contributed by atoms with Crippen LogP contribution in [0.4, 0.5) is 4.79 Å². The highest BCUT2D eigenvalue weighted by Crippen LogP contribution is 2.36. The van der Waals surface area contributed by atoms with Crippen LogP contribution in [0.3, 0.4) is 0 Å². The van der Waals surface area contributed by atoms with Crippen LogP contribution in [0.2, 0.25) is 0 Å². The average molecular weight is 438 g/mol. The summed E-state index contributed by atoms with van der Waals surface area (Å²) in [4.78, 5) is 32.8. The fourth-order valence-electron chi connectivity index (χ4n) is 4.87. The van der Waals surface area contributed by atoms with E-state index in [2.05, 4.69) is 44.4 Å². The van der Waals surface area contributed by atoms with Crippen LogP contribution in [0.1, 0.15) is 81.1 Å². The molecule has 0 bridgehead atoms. The minimum absolute atomic E-state index is 0.0853. The van der Waals surface area contributed by atoms with Crippen molar-refractivity contribution in [3.63, 3.8) is 0 Å². The number of carbonyl (C=O) groups excluding carboxylic acids is 2. The molecule has 0 N–H and O–H groups in total. The van der Waals surface area contributed by atoms with Crippen LogP contribution in [0, 0.1) is 11.3 Å². The first-order chi connectivity index (χ1) is 14.3. The van der Waals surface area contributed by atoms with Crippen molar-refractivity contribution >= 4 is 11.9 Å². The zero-order chi connectivity index (χ0) is 23.4. The third-order valence-corrected chi connectivity index (χ3v) is 6.89. The van der Waals surface area contributed by atoms with Gasteiger partial charge in [0.25, 0.3) is 0 Å². The van der Waals surface area contributed by atoms with E-state index in [0.717, 1.165) is 52.0 Å². The number of Topliss-reactive ketones (excluding diaryl/α,β-unsaturated/α-hetero) is 1. The number of ether oxygens (including phenoxy) is 1. The Bertz CT molecular complexity index is 604. The van der Waals surface area contributed by atoms with Crippen LogP contribution >= 0.6 is 0 Å². The van der Waals surface area contributed by atoms with Crippen molar-refractivity contribution in [1.82, 2.24) is 14.7 Å². The molecule has 6 nitrogen and oxygen atoms in total. The van der Waals surface area contributed by atoms with Gasteiger partial charge in [0.1, 0.15) is 11.4 Å². The van der Waals surface area contributed by atoms with Gasteiger partial charge in [0.2, 0.25) is 0 Å². The number of nitrogens with zero attached hydrogens (tertiary/aromatic N) is 3. The maximum Gasteiger partial charge on any atom is 0.410 e. The molecule has 2 saturated heterocycles. The number of likely N-dealkylation sites (tertiary alicyclic amines) is 1. The van der Waals surface area contributed by atoms with Gasteiger partial charge in [-0.1, -0.05) is 13.8 Å². The first-order valence-corrected chi connectivity index (χ1v) is 12.3. The van der Waals surface area contributed by atoms with E-state index in [9.17, 15) is 9.59 Å². The lowest BCUT2D eigenvalue weighted by Crippen LogP contribution is -2.59. The number of ketones is 1. The van der Waals surface area contributed by atoms with Gasteiger partial charge in [-0.2, -0.15) is 0 Å². The van der Waals surface area contributed by atoms with Crippen molar-refractivity contribution in [3.05, 3.63) is 0 Å². The second-order valence-electron chi connectivity index (χ2n) is 11.5. The summed E-state index contributed by atoms with van der Waals surface area (Å²) < 4.78 is 5.59. The summed E-state index contributed by atoms with van der Waals surface area (Å²) in [6.07, 6.45) is 3.32. The molecule has 1 unspecified atom stereocenters. The molecule has 0 radical (unpaired) electrons. The molecule has 0 aromatic rings. The van der Waals surface area contributed by atoms with Gasteiger partial charge in [0.05, 0.1) is 0 Å². The molecule has 2 heterocycles. The molecule has 1 atom stereocenters. The summed E-state index contributed by atoms with van der Waals surface area (Å²) in [6.45, 7) is 21.7. The summed E-state index contributed by atoms with van der Waals surface area (Å²) in [5.74, 6) is 1.00. The maximum atomic E-state index is 13.5. The minimum atomic E-state index is -0.481. The second-order valence-corrected chi connectivity index (χ2v) is 11.5. The molecule has 0 aromatic heterocycles. The number of piperazine rings is 1. The van der Waals surface area contributed by atoms with E-state index in [-0.39, 0.29) is 17.6 Å². The van der Waals surface area contributed by atoms with Gasteiger partial charge in [0.15, 0.2) is 0 Å². The van der Waals surface area contributed by atoms with Gasteiger partial charge < -0.3 is 14.5 Å². The van der Waals surface area contributed by atoms with Crippen LogP contribution < -0.4 is 0 Å². The summed E-state index contributed by atoms with van der Waals surface area (Å²) in [7, 11) is 0. The van der Waals surface area contributed by atoms with Crippen LogP contribution in [0.15, 0.2) is 0 Å². The molecule has 2 rings (SSSR count). The van der Waals surface area contributed by atoms with E-state index in [0.29, 0.717) is 30.7 Å². The quantitative estimate of drug-likeness (QED) is 0.590. The van der Waals surface area contributed by atoms with Crippen molar-refractivity contribution in [3.8, 4) is 0 Å². The van der Waals surface area contributed by atoms with Crippen molar-refractivity contribution in [2.45, 2.75) is 98.8 Å². The van der Waals surface area contributed by atoms with E-state index in [4.69, 9.17) is 4.74 Å². The first kappa shape index (κ1) is 26.1. The van der Waals surface area contributed by atoms with E-state index in [1.165, 1.54) is 0 Å². The Hall–Kier alpha value is -1.14. The zero-order valence-electron chi connectivity index (χ0n) is 21.4. The highest BCUT2D eigenvalue weighted by molar-refractivity contribution is 5.85. The number of piperidine rings is 1. The van der Waals surface area contributed by atoms with Crippen molar-refractivity contribution in [1.29, 1.82) is 0 Å². The lowest BCUT2D eigenvalue weighted by Gasteiger charge is -2.47. The van der Waals surface area contributed by atoms with E-state index >= 15 is 0 Å². The molecule has 1 amide bonds. The second kappa shape index (κ2) is 10.7. The summed E-state index contributed by atoms with van der Waals surface area (Å²) in [5, 5.41) is 0. The molecule has 0 saturated carbocycles. The van der Waals surface area contributed by atoms with Crippen molar-refractivity contribution in [2.24, 2.45) is 11.3 Å². The number of hydrogen-bond acceptors (Lipinski definition) is 5. The lowest BCUT2D eigenvalue weighted by molar-refractivity contribution is -0.134. The van der Waals surface area contributed by atoms with Gasteiger partial charge in [-0.15, -0.1) is 0 Å². The predicted molar refractivity (Wildman–Crippen MR) is 126 cm³/mol. The molecule has 180 valence electrons. The van der Waals surface area contributed by atoms with Crippen LogP contribution in [0.5, 0.6) is 0 Å². The van der Waals surface area contributed by atoms with E-state index in [1.807, 2.05) is 25.7 Å². The number of hydrogen-bond donors (Lipinski definition) is 0.